The molecule has 10 heteroatoms. The summed E-state index contributed by atoms with van der Waals surface area (Å²) in [5, 5.41) is 11.1. The van der Waals surface area contributed by atoms with E-state index in [1.807, 2.05) is 6.07 Å². The first-order chi connectivity index (χ1) is 15.6. The lowest BCUT2D eigenvalue weighted by atomic mass is 9.79. The number of carbonyl (C=O) groups is 1. The van der Waals surface area contributed by atoms with Gasteiger partial charge < -0.3 is 11.5 Å². The summed E-state index contributed by atoms with van der Waals surface area (Å²) in [4.78, 5) is 24.0. The Morgan fingerprint density at radius 3 is 2.69 bits per heavy atom. The third-order valence-corrected chi connectivity index (χ3v) is 8.12. The fourth-order valence-electron chi connectivity index (χ4n) is 4.21. The van der Waals surface area contributed by atoms with Crippen LogP contribution in [0.25, 0.3) is 6.08 Å². The van der Waals surface area contributed by atoms with Gasteiger partial charge in [-0.1, -0.05) is 23.9 Å². The Morgan fingerprint density at radius 1 is 1.19 bits per heavy atom. The summed E-state index contributed by atoms with van der Waals surface area (Å²) in [7, 11) is 0. The minimum atomic E-state index is -0.0737. The SMILES string of the molecule is Nc1cc(N)nc(SCC(=O)N2N=C3/C(=C/c4cccs4)CCC[C@@H]3[C@H]2c2cccs2)n1. The smallest absolute Gasteiger partial charge is 0.253 e. The highest BCUT2D eigenvalue weighted by Gasteiger charge is 2.44. The van der Waals surface area contributed by atoms with E-state index in [1.54, 1.807) is 27.7 Å². The lowest BCUT2D eigenvalue weighted by Crippen LogP contribution is -2.32. The van der Waals surface area contributed by atoms with Crippen molar-refractivity contribution in [2.24, 2.45) is 11.0 Å². The van der Waals surface area contributed by atoms with Crippen molar-refractivity contribution in [3.05, 3.63) is 56.4 Å². The minimum absolute atomic E-state index is 0.0723. The molecular weight excluding hydrogens is 460 g/mol. The second kappa shape index (κ2) is 9.05. The first kappa shape index (κ1) is 21.2. The molecule has 0 radical (unpaired) electrons. The van der Waals surface area contributed by atoms with Gasteiger partial charge >= 0.3 is 0 Å². The highest BCUT2D eigenvalue weighted by Crippen LogP contribution is 2.45. The van der Waals surface area contributed by atoms with Crippen molar-refractivity contribution in [1.82, 2.24) is 15.0 Å². The van der Waals surface area contributed by atoms with Crippen molar-refractivity contribution in [2.45, 2.75) is 30.5 Å². The first-order valence-corrected chi connectivity index (χ1v) is 13.0. The number of hydrogen-bond acceptors (Lipinski definition) is 9. The number of aromatic nitrogens is 2. The van der Waals surface area contributed by atoms with Gasteiger partial charge in [0.05, 0.1) is 17.5 Å². The monoisotopic (exact) mass is 482 g/mol. The van der Waals surface area contributed by atoms with Gasteiger partial charge in [-0.05, 0) is 53.8 Å². The van der Waals surface area contributed by atoms with Gasteiger partial charge in [0.1, 0.15) is 11.6 Å². The molecule has 1 aliphatic heterocycles. The quantitative estimate of drug-likeness (QED) is 0.404. The van der Waals surface area contributed by atoms with Crippen LogP contribution in [0.3, 0.4) is 0 Å². The van der Waals surface area contributed by atoms with E-state index in [4.69, 9.17) is 16.6 Å². The molecule has 4 heterocycles. The molecule has 1 fully saturated rings. The third-order valence-electron chi connectivity index (χ3n) is 5.52. The number of allylic oxidation sites excluding steroid dienone is 1. The van der Waals surface area contributed by atoms with Crippen molar-refractivity contribution >= 4 is 63.8 Å². The summed E-state index contributed by atoms with van der Waals surface area (Å²) in [6.07, 6.45) is 5.33. The van der Waals surface area contributed by atoms with E-state index in [2.05, 4.69) is 45.0 Å². The number of hydrazone groups is 1. The summed E-state index contributed by atoms with van der Waals surface area (Å²) in [6.45, 7) is 0. The Balaban J connectivity index is 1.43. The van der Waals surface area contributed by atoms with Crippen LogP contribution in [0.4, 0.5) is 11.6 Å². The summed E-state index contributed by atoms with van der Waals surface area (Å²) in [5.41, 5.74) is 13.8. The van der Waals surface area contributed by atoms with Crippen LogP contribution in [0.5, 0.6) is 0 Å². The molecule has 7 nitrogen and oxygen atoms in total. The maximum atomic E-state index is 13.3. The predicted molar refractivity (Wildman–Crippen MR) is 133 cm³/mol. The van der Waals surface area contributed by atoms with E-state index >= 15 is 0 Å². The molecule has 3 aromatic heterocycles. The van der Waals surface area contributed by atoms with E-state index in [0.717, 1.165) is 29.9 Å². The number of rotatable bonds is 5. The van der Waals surface area contributed by atoms with Crippen LogP contribution in [0.15, 0.2) is 56.9 Å². The number of thiophene rings is 2. The molecular formula is C22H22N6OS3. The van der Waals surface area contributed by atoms with E-state index in [1.165, 1.54) is 28.3 Å². The highest BCUT2D eigenvalue weighted by molar-refractivity contribution is 7.99. The summed E-state index contributed by atoms with van der Waals surface area (Å²) in [5.74, 6) is 0.884. The average molecular weight is 483 g/mol. The topological polar surface area (TPSA) is 110 Å². The number of amides is 1. The number of nitrogen functional groups attached to an aromatic ring is 2. The summed E-state index contributed by atoms with van der Waals surface area (Å²) >= 11 is 4.62. The Bertz CT molecular complexity index is 1150. The highest BCUT2D eigenvalue weighted by atomic mass is 32.2. The Labute approximate surface area is 198 Å². The average Bonchev–Trinajstić information content (AvgIpc) is 3.52. The minimum Gasteiger partial charge on any atom is -0.383 e. The Morgan fingerprint density at radius 2 is 1.97 bits per heavy atom. The molecule has 5 rings (SSSR count). The maximum absolute atomic E-state index is 13.3. The number of nitrogens with zero attached hydrogens (tertiary/aromatic N) is 4. The lowest BCUT2D eigenvalue weighted by molar-refractivity contribution is -0.130. The van der Waals surface area contributed by atoms with Crippen molar-refractivity contribution in [3.63, 3.8) is 0 Å². The van der Waals surface area contributed by atoms with Gasteiger partial charge in [0.2, 0.25) is 0 Å². The third kappa shape index (κ3) is 4.30. The van der Waals surface area contributed by atoms with Gasteiger partial charge in [0.25, 0.3) is 5.91 Å². The van der Waals surface area contributed by atoms with E-state index in [0.29, 0.717) is 16.8 Å². The fourth-order valence-corrected chi connectivity index (χ4v) is 6.49. The molecule has 0 spiro atoms. The maximum Gasteiger partial charge on any atom is 0.253 e. The molecule has 1 saturated carbocycles. The standard InChI is InChI=1S/C22H22N6OS3/c23-17-11-18(24)26-22(25-17)32-12-19(29)28-21(16-7-3-9-31-16)15-6-1-4-13(20(15)27-28)10-14-5-2-8-30-14/h2-3,5,7-11,15,21H,1,4,6,12H2,(H4,23,24,25,26)/b13-10+/t15-,21-/m0/s1. The van der Waals surface area contributed by atoms with Crippen molar-refractivity contribution in [1.29, 1.82) is 0 Å². The zero-order chi connectivity index (χ0) is 22.1. The van der Waals surface area contributed by atoms with Crippen molar-refractivity contribution in [3.8, 4) is 0 Å². The molecule has 164 valence electrons. The van der Waals surface area contributed by atoms with E-state index in [-0.39, 0.29) is 23.6 Å². The largest absolute Gasteiger partial charge is 0.383 e. The molecule has 32 heavy (non-hydrogen) atoms. The fraction of sp³-hybridized carbons (Fsp3) is 0.273. The van der Waals surface area contributed by atoms with Gasteiger partial charge in [0.15, 0.2) is 5.16 Å². The molecule has 1 aliphatic carbocycles. The van der Waals surface area contributed by atoms with Crippen LogP contribution in [-0.2, 0) is 4.79 Å². The van der Waals surface area contributed by atoms with Crippen LogP contribution in [0, 0.1) is 5.92 Å². The van der Waals surface area contributed by atoms with Crippen molar-refractivity contribution in [2.75, 3.05) is 17.2 Å². The Kier molecular flexibility index (Phi) is 5.99. The van der Waals surface area contributed by atoms with Gasteiger partial charge in [0, 0.05) is 21.7 Å². The van der Waals surface area contributed by atoms with Crippen LogP contribution >= 0.6 is 34.4 Å². The normalized spacial score (nSPS) is 21.6. The molecule has 1 amide bonds. The van der Waals surface area contributed by atoms with Crippen LogP contribution in [-0.4, -0.2) is 32.3 Å². The van der Waals surface area contributed by atoms with E-state index < -0.39 is 0 Å². The molecule has 3 aromatic rings. The molecule has 2 atom stereocenters. The first-order valence-electron chi connectivity index (χ1n) is 10.3. The van der Waals surface area contributed by atoms with E-state index in [9.17, 15) is 4.79 Å². The zero-order valence-corrected chi connectivity index (χ0v) is 19.6. The van der Waals surface area contributed by atoms with Crippen molar-refractivity contribution < 1.29 is 4.79 Å². The summed E-state index contributed by atoms with van der Waals surface area (Å²) in [6, 6.07) is 9.73. The molecule has 0 saturated heterocycles. The number of fused-ring (bicyclic) bond motifs is 1. The van der Waals surface area contributed by atoms with Crippen LogP contribution in [0.2, 0.25) is 0 Å². The zero-order valence-electron chi connectivity index (χ0n) is 17.2. The van der Waals surface area contributed by atoms with Gasteiger partial charge in [-0.25, -0.2) is 15.0 Å². The van der Waals surface area contributed by atoms with Crippen LogP contribution in [0.1, 0.15) is 35.1 Å². The molecule has 4 N–H and O–H groups in total. The number of thioether (sulfide) groups is 1. The number of carbonyl (C=O) groups excluding carboxylic acids is 1. The number of anilines is 2. The van der Waals surface area contributed by atoms with Gasteiger partial charge in [-0.2, -0.15) is 5.10 Å². The second-order valence-electron chi connectivity index (χ2n) is 7.66. The van der Waals surface area contributed by atoms with Gasteiger partial charge in [-0.15, -0.1) is 22.7 Å². The van der Waals surface area contributed by atoms with Gasteiger partial charge in [-0.3, -0.25) is 4.79 Å². The Hall–Kier alpha value is -2.69. The molecule has 0 bridgehead atoms. The number of hydrogen-bond donors (Lipinski definition) is 2. The number of nitrogens with two attached hydrogens (primary N) is 2. The predicted octanol–water partition coefficient (Wildman–Crippen LogP) is 4.68. The molecule has 0 aromatic carbocycles. The lowest BCUT2D eigenvalue weighted by Gasteiger charge is -2.28. The van der Waals surface area contributed by atoms with Crippen LogP contribution < -0.4 is 11.5 Å². The molecule has 2 aliphatic rings. The molecule has 0 unspecified atom stereocenters. The summed E-state index contributed by atoms with van der Waals surface area (Å²) < 4.78 is 0. The second-order valence-corrected chi connectivity index (χ2v) is 10.6.